The molecule has 0 saturated heterocycles. The van der Waals surface area contributed by atoms with Crippen molar-refractivity contribution >= 4 is 15.9 Å². The van der Waals surface area contributed by atoms with Crippen molar-refractivity contribution in [2.24, 2.45) is 0 Å². The van der Waals surface area contributed by atoms with Gasteiger partial charge >= 0.3 is 0 Å². The molecule has 0 aliphatic rings. The van der Waals surface area contributed by atoms with Gasteiger partial charge in [-0.2, -0.15) is 0 Å². The molecule has 0 fully saturated rings. The minimum atomic E-state index is -0.210. The van der Waals surface area contributed by atoms with E-state index in [1.807, 2.05) is 36.4 Å². The summed E-state index contributed by atoms with van der Waals surface area (Å²) in [7, 11) is 0. The highest BCUT2D eigenvalue weighted by Gasteiger charge is 2.14. The highest BCUT2D eigenvalue weighted by Crippen LogP contribution is 2.32. The quantitative estimate of drug-likeness (QED) is 0.842. The molecule has 100 valence electrons. The minimum Gasteiger partial charge on any atom is -0.310 e. The van der Waals surface area contributed by atoms with Crippen LogP contribution in [0.15, 0.2) is 46.9 Å². The summed E-state index contributed by atoms with van der Waals surface area (Å²) in [6.45, 7) is 5.05. The van der Waals surface area contributed by atoms with E-state index in [1.165, 1.54) is 0 Å². The maximum absolute atomic E-state index is 14.2. The van der Waals surface area contributed by atoms with E-state index < -0.39 is 0 Å². The largest absolute Gasteiger partial charge is 0.310 e. The first-order valence-corrected chi connectivity index (χ1v) is 7.21. The van der Waals surface area contributed by atoms with Crippen LogP contribution in [0.1, 0.15) is 25.5 Å². The summed E-state index contributed by atoms with van der Waals surface area (Å²) < 4.78 is 14.7. The van der Waals surface area contributed by atoms with Gasteiger partial charge in [0.25, 0.3) is 0 Å². The van der Waals surface area contributed by atoms with E-state index in [-0.39, 0.29) is 11.9 Å². The maximum atomic E-state index is 14.2. The van der Waals surface area contributed by atoms with Crippen molar-refractivity contribution in [1.29, 1.82) is 0 Å². The first-order valence-electron chi connectivity index (χ1n) is 6.41. The number of hydrogen-bond donors (Lipinski definition) is 1. The number of rotatable bonds is 4. The fraction of sp³-hybridized carbons (Fsp3) is 0.250. The lowest BCUT2D eigenvalue weighted by atomic mass is 9.95. The second-order valence-corrected chi connectivity index (χ2v) is 5.32. The molecule has 0 heterocycles. The summed E-state index contributed by atoms with van der Waals surface area (Å²) in [6.07, 6.45) is 0. The van der Waals surface area contributed by atoms with Crippen molar-refractivity contribution in [3.05, 3.63) is 58.3 Å². The summed E-state index contributed by atoms with van der Waals surface area (Å²) in [5.41, 5.74) is 2.69. The van der Waals surface area contributed by atoms with Crippen molar-refractivity contribution in [1.82, 2.24) is 5.32 Å². The third-order valence-electron chi connectivity index (χ3n) is 3.18. The van der Waals surface area contributed by atoms with Gasteiger partial charge in [-0.1, -0.05) is 43.3 Å². The van der Waals surface area contributed by atoms with E-state index in [0.717, 1.165) is 17.7 Å². The van der Waals surface area contributed by atoms with Gasteiger partial charge in [-0.05, 0) is 46.6 Å². The van der Waals surface area contributed by atoms with E-state index in [0.29, 0.717) is 10.0 Å². The van der Waals surface area contributed by atoms with Gasteiger partial charge in [0.2, 0.25) is 0 Å². The van der Waals surface area contributed by atoms with E-state index in [1.54, 1.807) is 6.07 Å². The van der Waals surface area contributed by atoms with Crippen LogP contribution in [-0.4, -0.2) is 6.54 Å². The second-order valence-electron chi connectivity index (χ2n) is 4.47. The Balaban J connectivity index is 2.53. The minimum absolute atomic E-state index is 0.194. The summed E-state index contributed by atoms with van der Waals surface area (Å²) >= 11 is 3.25. The normalized spacial score (nSPS) is 12.4. The number of halogens is 2. The number of nitrogens with one attached hydrogen (secondary N) is 1. The molecule has 3 heteroatoms. The van der Waals surface area contributed by atoms with Crippen LogP contribution in [0.25, 0.3) is 11.1 Å². The lowest BCUT2D eigenvalue weighted by molar-refractivity contribution is 0.597. The maximum Gasteiger partial charge on any atom is 0.145 e. The van der Waals surface area contributed by atoms with E-state index in [2.05, 4.69) is 35.1 Å². The molecule has 1 N–H and O–H groups in total. The van der Waals surface area contributed by atoms with Crippen molar-refractivity contribution in [2.75, 3.05) is 6.54 Å². The van der Waals surface area contributed by atoms with Gasteiger partial charge in [-0.25, -0.2) is 4.39 Å². The summed E-state index contributed by atoms with van der Waals surface area (Å²) in [5, 5.41) is 3.37. The summed E-state index contributed by atoms with van der Waals surface area (Å²) in [4.78, 5) is 0. The van der Waals surface area contributed by atoms with Gasteiger partial charge < -0.3 is 5.32 Å². The molecule has 0 aliphatic carbocycles. The Morgan fingerprint density at radius 1 is 1.11 bits per heavy atom. The molecule has 1 nitrogen and oxygen atoms in total. The summed E-state index contributed by atoms with van der Waals surface area (Å²) in [6, 6.07) is 13.5. The van der Waals surface area contributed by atoms with Crippen LogP contribution in [0, 0.1) is 5.82 Å². The predicted octanol–water partition coefficient (Wildman–Crippen LogP) is 4.93. The lowest BCUT2D eigenvalue weighted by Crippen LogP contribution is -2.18. The lowest BCUT2D eigenvalue weighted by Gasteiger charge is -2.18. The topological polar surface area (TPSA) is 12.0 Å². The molecule has 0 spiro atoms. The molecule has 0 bridgehead atoms. The van der Waals surface area contributed by atoms with Crippen molar-refractivity contribution in [2.45, 2.75) is 19.9 Å². The molecule has 0 amide bonds. The Morgan fingerprint density at radius 3 is 2.53 bits per heavy atom. The Morgan fingerprint density at radius 2 is 1.79 bits per heavy atom. The Kier molecular flexibility index (Phi) is 4.72. The zero-order valence-corrected chi connectivity index (χ0v) is 12.7. The molecule has 0 radical (unpaired) electrons. The first-order chi connectivity index (χ1) is 9.15. The summed E-state index contributed by atoms with van der Waals surface area (Å²) in [5.74, 6) is -0.210. The van der Waals surface area contributed by atoms with Gasteiger partial charge in [0, 0.05) is 11.6 Å². The van der Waals surface area contributed by atoms with Crippen LogP contribution in [-0.2, 0) is 0 Å². The third-order valence-corrected chi connectivity index (χ3v) is 3.79. The van der Waals surface area contributed by atoms with Crippen molar-refractivity contribution in [3.63, 3.8) is 0 Å². The Bertz CT molecular complexity index is 568. The number of benzene rings is 2. The average Bonchev–Trinajstić information content (AvgIpc) is 2.42. The van der Waals surface area contributed by atoms with Crippen LogP contribution >= 0.6 is 15.9 Å². The first kappa shape index (κ1) is 14.2. The van der Waals surface area contributed by atoms with E-state index >= 15 is 0 Å². The van der Waals surface area contributed by atoms with Crippen LogP contribution in [0.3, 0.4) is 0 Å². The average molecular weight is 322 g/mol. The van der Waals surface area contributed by atoms with Crippen molar-refractivity contribution < 1.29 is 4.39 Å². The highest BCUT2D eigenvalue weighted by molar-refractivity contribution is 9.10. The zero-order valence-electron chi connectivity index (χ0n) is 11.1. The molecule has 1 unspecified atom stereocenters. The molecule has 0 aromatic heterocycles. The van der Waals surface area contributed by atoms with Gasteiger partial charge in [-0.3, -0.25) is 0 Å². The van der Waals surface area contributed by atoms with Crippen LogP contribution in [0.4, 0.5) is 4.39 Å². The third kappa shape index (κ3) is 3.04. The highest BCUT2D eigenvalue weighted by atomic mass is 79.9. The molecule has 2 aromatic rings. The van der Waals surface area contributed by atoms with Gasteiger partial charge in [0.1, 0.15) is 5.82 Å². The SMILES string of the molecule is CCNC(C)c1ccccc1-c1cccc(Br)c1F. The molecular formula is C16H17BrFN. The number of hydrogen-bond acceptors (Lipinski definition) is 1. The zero-order chi connectivity index (χ0) is 13.8. The van der Waals surface area contributed by atoms with Gasteiger partial charge in [-0.15, -0.1) is 0 Å². The van der Waals surface area contributed by atoms with Crippen LogP contribution < -0.4 is 5.32 Å². The molecular weight excluding hydrogens is 305 g/mol. The molecule has 2 rings (SSSR count). The van der Waals surface area contributed by atoms with Crippen LogP contribution in [0.2, 0.25) is 0 Å². The van der Waals surface area contributed by atoms with E-state index in [4.69, 9.17) is 0 Å². The van der Waals surface area contributed by atoms with Gasteiger partial charge in [0.05, 0.1) is 4.47 Å². The molecule has 0 aliphatic heterocycles. The Labute approximate surface area is 122 Å². The second kappa shape index (κ2) is 6.31. The van der Waals surface area contributed by atoms with Crippen LogP contribution in [0.5, 0.6) is 0 Å². The molecule has 0 saturated carbocycles. The smallest absolute Gasteiger partial charge is 0.145 e. The van der Waals surface area contributed by atoms with Gasteiger partial charge in [0.15, 0.2) is 0 Å². The monoisotopic (exact) mass is 321 g/mol. The standard InChI is InChI=1S/C16H17BrFN/c1-3-19-11(2)12-7-4-5-8-13(12)14-9-6-10-15(17)16(14)18/h4-11,19H,3H2,1-2H3. The molecule has 1 atom stereocenters. The molecule has 2 aromatic carbocycles. The fourth-order valence-corrected chi connectivity index (χ4v) is 2.61. The van der Waals surface area contributed by atoms with Crippen molar-refractivity contribution in [3.8, 4) is 11.1 Å². The molecule has 19 heavy (non-hydrogen) atoms. The van der Waals surface area contributed by atoms with E-state index in [9.17, 15) is 4.39 Å². The fourth-order valence-electron chi connectivity index (χ4n) is 2.25. The Hall–Kier alpha value is -1.19. The predicted molar refractivity (Wildman–Crippen MR) is 81.6 cm³/mol.